The van der Waals surface area contributed by atoms with Crippen LogP contribution in [0.3, 0.4) is 0 Å². The average molecular weight is 339 g/mol. The molecule has 2 rings (SSSR count). The number of carbonyl (C=O) groups excluding carboxylic acids is 1. The van der Waals surface area contributed by atoms with Gasteiger partial charge in [-0.15, -0.1) is 0 Å². The minimum absolute atomic E-state index is 0.00147. The zero-order valence-electron chi connectivity index (χ0n) is 12.0. The van der Waals surface area contributed by atoms with Crippen molar-refractivity contribution in [2.45, 2.75) is 13.3 Å². The molecule has 0 heterocycles. The van der Waals surface area contributed by atoms with E-state index in [0.717, 1.165) is 17.7 Å². The summed E-state index contributed by atoms with van der Waals surface area (Å²) in [5.74, 6) is 0.459. The molecule has 0 fully saturated rings. The number of ether oxygens (including phenoxy) is 1. The Morgan fingerprint density at radius 1 is 1.18 bits per heavy atom. The van der Waals surface area contributed by atoms with Crippen LogP contribution in [-0.2, 0) is 6.42 Å². The number of aryl methyl sites for hydroxylation is 1. The Kier molecular flexibility index (Phi) is 5.92. The fraction of sp³-hybridized carbons (Fsp3) is 0.188. The smallest absolute Gasteiger partial charge is 0.321 e. The van der Waals surface area contributed by atoms with Crippen LogP contribution < -0.4 is 15.4 Å². The summed E-state index contributed by atoms with van der Waals surface area (Å²) < 4.78 is 5.39. The van der Waals surface area contributed by atoms with E-state index in [1.165, 1.54) is 0 Å². The zero-order valence-corrected chi connectivity index (χ0v) is 13.5. The van der Waals surface area contributed by atoms with Crippen molar-refractivity contribution in [1.29, 1.82) is 0 Å². The Morgan fingerprint density at radius 2 is 1.95 bits per heavy atom. The van der Waals surface area contributed by atoms with Crippen molar-refractivity contribution in [3.8, 4) is 5.75 Å². The van der Waals surface area contributed by atoms with E-state index in [0.29, 0.717) is 15.8 Å². The minimum Gasteiger partial charge on any atom is -0.472 e. The molecule has 6 heteroatoms. The van der Waals surface area contributed by atoms with Crippen molar-refractivity contribution in [2.24, 2.45) is 0 Å². The van der Waals surface area contributed by atoms with Gasteiger partial charge in [0.2, 0.25) is 0 Å². The summed E-state index contributed by atoms with van der Waals surface area (Å²) in [6.07, 6.45) is 0.841. The van der Waals surface area contributed by atoms with Crippen LogP contribution in [0, 0.1) is 0 Å². The Labute approximate surface area is 139 Å². The summed E-state index contributed by atoms with van der Waals surface area (Å²) in [5.41, 5.74) is 1.85. The van der Waals surface area contributed by atoms with E-state index in [1.54, 1.807) is 18.2 Å². The molecule has 0 aliphatic carbocycles. The second-order valence-electron chi connectivity index (χ2n) is 4.51. The highest BCUT2D eigenvalue weighted by Gasteiger charge is 2.06. The second kappa shape index (κ2) is 7.92. The number of carbonyl (C=O) groups is 1. The SMILES string of the molecule is CCc1ccccc1NC(=O)NCOc1ccc(Cl)cc1Cl. The third-order valence-corrected chi connectivity index (χ3v) is 3.53. The normalized spacial score (nSPS) is 10.1. The van der Waals surface area contributed by atoms with Gasteiger partial charge in [0.15, 0.2) is 6.73 Å². The number of anilines is 1. The van der Waals surface area contributed by atoms with E-state index in [2.05, 4.69) is 10.6 Å². The van der Waals surface area contributed by atoms with E-state index in [-0.39, 0.29) is 12.8 Å². The molecule has 0 saturated carbocycles. The van der Waals surface area contributed by atoms with Crippen LogP contribution in [0.25, 0.3) is 0 Å². The number of amides is 2. The van der Waals surface area contributed by atoms with Crippen LogP contribution in [0.1, 0.15) is 12.5 Å². The first-order chi connectivity index (χ1) is 10.6. The van der Waals surface area contributed by atoms with Crippen molar-refractivity contribution in [1.82, 2.24) is 5.32 Å². The van der Waals surface area contributed by atoms with Gasteiger partial charge in [0.1, 0.15) is 5.75 Å². The first-order valence-electron chi connectivity index (χ1n) is 6.80. The van der Waals surface area contributed by atoms with Gasteiger partial charge in [0, 0.05) is 10.7 Å². The van der Waals surface area contributed by atoms with E-state index >= 15 is 0 Å². The lowest BCUT2D eigenvalue weighted by Crippen LogP contribution is -2.32. The molecule has 2 aromatic rings. The average Bonchev–Trinajstić information content (AvgIpc) is 2.50. The van der Waals surface area contributed by atoms with Gasteiger partial charge in [-0.1, -0.05) is 48.3 Å². The molecule has 0 atom stereocenters. The van der Waals surface area contributed by atoms with E-state index in [9.17, 15) is 4.79 Å². The number of urea groups is 1. The predicted molar refractivity (Wildman–Crippen MR) is 89.9 cm³/mol. The van der Waals surface area contributed by atoms with E-state index < -0.39 is 0 Å². The Bertz CT molecular complexity index is 662. The van der Waals surface area contributed by atoms with Crippen LogP contribution in [0.4, 0.5) is 10.5 Å². The van der Waals surface area contributed by atoms with Crippen molar-refractivity contribution in [3.05, 3.63) is 58.1 Å². The summed E-state index contributed by atoms with van der Waals surface area (Å²) in [5, 5.41) is 6.32. The van der Waals surface area contributed by atoms with Crippen molar-refractivity contribution >= 4 is 34.9 Å². The molecule has 0 bridgehead atoms. The molecule has 0 aromatic heterocycles. The molecule has 0 radical (unpaired) electrons. The monoisotopic (exact) mass is 338 g/mol. The second-order valence-corrected chi connectivity index (χ2v) is 5.35. The van der Waals surface area contributed by atoms with Gasteiger partial charge >= 0.3 is 6.03 Å². The van der Waals surface area contributed by atoms with Crippen LogP contribution in [0.15, 0.2) is 42.5 Å². The van der Waals surface area contributed by atoms with Gasteiger partial charge in [-0.2, -0.15) is 0 Å². The molecule has 2 amide bonds. The number of benzene rings is 2. The van der Waals surface area contributed by atoms with Crippen molar-refractivity contribution in [3.63, 3.8) is 0 Å². The molecule has 0 aliphatic heterocycles. The largest absolute Gasteiger partial charge is 0.472 e. The summed E-state index contributed by atoms with van der Waals surface area (Å²) in [6, 6.07) is 12.2. The molecule has 116 valence electrons. The lowest BCUT2D eigenvalue weighted by Gasteiger charge is -2.12. The van der Waals surface area contributed by atoms with Crippen LogP contribution in [-0.4, -0.2) is 12.8 Å². The molecule has 4 nitrogen and oxygen atoms in total. The maximum atomic E-state index is 11.9. The summed E-state index contributed by atoms with van der Waals surface area (Å²) in [4.78, 5) is 11.9. The highest BCUT2D eigenvalue weighted by molar-refractivity contribution is 6.35. The first-order valence-corrected chi connectivity index (χ1v) is 7.56. The zero-order chi connectivity index (χ0) is 15.9. The number of rotatable bonds is 5. The Balaban J connectivity index is 1.85. The van der Waals surface area contributed by atoms with E-state index in [4.69, 9.17) is 27.9 Å². The molecule has 2 aromatic carbocycles. The molecular weight excluding hydrogens is 323 g/mol. The maximum Gasteiger partial charge on any atom is 0.321 e. The number of hydrogen-bond donors (Lipinski definition) is 2. The fourth-order valence-corrected chi connectivity index (χ4v) is 2.35. The first kappa shape index (κ1) is 16.5. The van der Waals surface area contributed by atoms with Crippen molar-refractivity contribution < 1.29 is 9.53 Å². The topological polar surface area (TPSA) is 50.4 Å². The molecular formula is C16H16Cl2N2O2. The lowest BCUT2D eigenvalue weighted by molar-refractivity contribution is 0.234. The lowest BCUT2D eigenvalue weighted by atomic mass is 10.1. The number of nitrogens with one attached hydrogen (secondary N) is 2. The minimum atomic E-state index is -0.342. The quantitative estimate of drug-likeness (QED) is 0.775. The van der Waals surface area contributed by atoms with Gasteiger partial charge in [0.25, 0.3) is 0 Å². The number of halogens is 2. The van der Waals surface area contributed by atoms with Gasteiger partial charge in [-0.05, 0) is 36.2 Å². The van der Waals surface area contributed by atoms with Crippen LogP contribution >= 0.6 is 23.2 Å². The van der Waals surface area contributed by atoms with Gasteiger partial charge < -0.3 is 15.4 Å². The molecule has 0 spiro atoms. The van der Waals surface area contributed by atoms with Crippen LogP contribution in [0.5, 0.6) is 5.75 Å². The standard InChI is InChI=1S/C16H16Cl2N2O2/c1-2-11-5-3-4-6-14(11)20-16(21)19-10-22-15-8-7-12(17)9-13(15)18/h3-9H,2,10H2,1H3,(H2,19,20,21). The predicted octanol–water partition coefficient (Wildman–Crippen LogP) is 4.71. The number of para-hydroxylation sites is 1. The summed E-state index contributed by atoms with van der Waals surface area (Å²) in [6.45, 7) is 2.03. The molecule has 2 N–H and O–H groups in total. The fourth-order valence-electron chi connectivity index (χ4n) is 1.89. The van der Waals surface area contributed by atoms with Gasteiger partial charge in [-0.3, -0.25) is 0 Å². The summed E-state index contributed by atoms with van der Waals surface area (Å²) in [7, 11) is 0. The van der Waals surface area contributed by atoms with E-state index in [1.807, 2.05) is 31.2 Å². The molecule has 22 heavy (non-hydrogen) atoms. The Morgan fingerprint density at radius 3 is 2.68 bits per heavy atom. The van der Waals surface area contributed by atoms with Gasteiger partial charge in [-0.25, -0.2) is 4.79 Å². The third-order valence-electron chi connectivity index (χ3n) is 3.00. The number of hydrogen-bond acceptors (Lipinski definition) is 2. The highest BCUT2D eigenvalue weighted by Crippen LogP contribution is 2.27. The maximum absolute atomic E-state index is 11.9. The molecule has 0 saturated heterocycles. The molecule has 0 aliphatic rings. The van der Waals surface area contributed by atoms with Crippen LogP contribution in [0.2, 0.25) is 10.0 Å². The summed E-state index contributed by atoms with van der Waals surface area (Å²) >= 11 is 11.8. The molecule has 0 unspecified atom stereocenters. The Hall–Kier alpha value is -1.91. The van der Waals surface area contributed by atoms with Gasteiger partial charge in [0.05, 0.1) is 5.02 Å². The highest BCUT2D eigenvalue weighted by atomic mass is 35.5. The third kappa shape index (κ3) is 4.55. The van der Waals surface area contributed by atoms with Crippen molar-refractivity contribution in [2.75, 3.05) is 12.0 Å².